The summed E-state index contributed by atoms with van der Waals surface area (Å²) in [5, 5.41) is 0.922. The number of rotatable bonds is 1. The quantitative estimate of drug-likeness (QED) is 0.583. The number of thioether (sulfide) groups is 1. The van der Waals surface area contributed by atoms with Crippen molar-refractivity contribution in [1.29, 1.82) is 0 Å². The Morgan fingerprint density at radius 2 is 2.14 bits per heavy atom. The lowest BCUT2D eigenvalue weighted by molar-refractivity contribution is 0.300. The van der Waals surface area contributed by atoms with Crippen molar-refractivity contribution in [2.45, 2.75) is 51.2 Å². The molecule has 0 aliphatic heterocycles. The summed E-state index contributed by atoms with van der Waals surface area (Å²) in [4.78, 5) is 0. The largest absolute Gasteiger partial charge is 0.161 e. The fraction of sp³-hybridized carbons (Fsp3) is 0.846. The van der Waals surface area contributed by atoms with Crippen molar-refractivity contribution in [3.05, 3.63) is 11.6 Å². The van der Waals surface area contributed by atoms with Gasteiger partial charge < -0.3 is 0 Å². The highest BCUT2D eigenvalue weighted by Crippen LogP contribution is 2.44. The van der Waals surface area contributed by atoms with Gasteiger partial charge in [-0.1, -0.05) is 25.5 Å². The predicted molar refractivity (Wildman–Crippen MR) is 65.7 cm³/mol. The molecular formula is C13H22S. The number of fused-ring (bicyclic) bond motifs is 5. The molecule has 1 fully saturated rings. The molecule has 3 rings (SSSR count). The average Bonchev–Trinajstić information content (AvgIpc) is 2.12. The van der Waals surface area contributed by atoms with E-state index in [1.165, 1.54) is 32.1 Å². The molecule has 14 heavy (non-hydrogen) atoms. The molecule has 0 saturated heterocycles. The van der Waals surface area contributed by atoms with Crippen LogP contribution in [0, 0.1) is 11.3 Å². The zero-order valence-electron chi connectivity index (χ0n) is 9.68. The van der Waals surface area contributed by atoms with E-state index >= 15 is 0 Å². The standard InChI is InChI=1S/C13H22S/c1-13(2)7-6-11-5-4-10(9-13)8-12(11)14-3/h9,11-12H,4-8H2,1-3H3/b10-9+. The van der Waals surface area contributed by atoms with Gasteiger partial charge in [0.15, 0.2) is 0 Å². The van der Waals surface area contributed by atoms with Crippen LogP contribution in [-0.4, -0.2) is 11.5 Å². The summed E-state index contributed by atoms with van der Waals surface area (Å²) in [6, 6.07) is 0. The van der Waals surface area contributed by atoms with E-state index in [2.05, 4.69) is 37.9 Å². The van der Waals surface area contributed by atoms with E-state index in [1.807, 2.05) is 0 Å². The molecule has 2 bridgehead atoms. The summed E-state index contributed by atoms with van der Waals surface area (Å²) in [5.41, 5.74) is 2.21. The molecule has 80 valence electrons. The van der Waals surface area contributed by atoms with Gasteiger partial charge in [0, 0.05) is 5.25 Å². The van der Waals surface area contributed by atoms with Crippen LogP contribution in [0.4, 0.5) is 0 Å². The van der Waals surface area contributed by atoms with E-state index in [-0.39, 0.29) is 0 Å². The van der Waals surface area contributed by atoms with E-state index in [0.717, 1.165) is 11.2 Å². The molecule has 0 spiro atoms. The lowest BCUT2D eigenvalue weighted by Gasteiger charge is -2.38. The molecule has 0 aromatic carbocycles. The Morgan fingerprint density at radius 1 is 1.36 bits per heavy atom. The Labute approximate surface area is 92.5 Å². The maximum absolute atomic E-state index is 2.58. The second kappa shape index (κ2) is 3.92. The maximum Gasteiger partial charge on any atom is 0.0110 e. The van der Waals surface area contributed by atoms with Gasteiger partial charge in [0.25, 0.3) is 0 Å². The van der Waals surface area contributed by atoms with Crippen molar-refractivity contribution < 1.29 is 0 Å². The van der Waals surface area contributed by atoms with Crippen molar-refractivity contribution >= 4 is 11.8 Å². The molecule has 0 aromatic rings. The van der Waals surface area contributed by atoms with Crippen molar-refractivity contribution in [2.24, 2.45) is 11.3 Å². The molecule has 0 radical (unpaired) electrons. The highest BCUT2D eigenvalue weighted by Gasteiger charge is 2.31. The fourth-order valence-corrected chi connectivity index (χ4v) is 4.04. The molecule has 0 nitrogen and oxygen atoms in total. The van der Waals surface area contributed by atoms with Crippen molar-refractivity contribution in [3.63, 3.8) is 0 Å². The van der Waals surface area contributed by atoms with Crippen LogP contribution in [0.15, 0.2) is 11.6 Å². The van der Waals surface area contributed by atoms with Crippen LogP contribution in [0.1, 0.15) is 46.0 Å². The lowest BCUT2D eigenvalue weighted by Crippen LogP contribution is -2.28. The molecule has 0 amide bonds. The van der Waals surface area contributed by atoms with E-state index in [4.69, 9.17) is 0 Å². The zero-order valence-corrected chi connectivity index (χ0v) is 10.5. The third-order valence-electron chi connectivity index (χ3n) is 3.88. The first-order valence-corrected chi connectivity index (χ1v) is 7.13. The van der Waals surface area contributed by atoms with Crippen LogP contribution in [0.25, 0.3) is 0 Å². The van der Waals surface area contributed by atoms with Crippen LogP contribution in [0.2, 0.25) is 0 Å². The highest BCUT2D eigenvalue weighted by molar-refractivity contribution is 7.99. The van der Waals surface area contributed by atoms with Gasteiger partial charge in [0.2, 0.25) is 0 Å². The maximum atomic E-state index is 2.58. The summed E-state index contributed by atoms with van der Waals surface area (Å²) in [7, 11) is 0. The number of hydrogen-bond acceptors (Lipinski definition) is 1. The minimum atomic E-state index is 0.470. The molecule has 0 heterocycles. The first kappa shape index (κ1) is 10.6. The summed E-state index contributed by atoms with van der Waals surface area (Å²) in [6.45, 7) is 4.80. The average molecular weight is 210 g/mol. The Bertz CT molecular complexity index is 240. The third kappa shape index (κ3) is 2.18. The van der Waals surface area contributed by atoms with Gasteiger partial charge in [0.05, 0.1) is 0 Å². The molecule has 0 N–H and O–H groups in total. The Morgan fingerprint density at radius 3 is 2.86 bits per heavy atom. The summed E-state index contributed by atoms with van der Waals surface area (Å²) in [5.74, 6) is 1.00. The Balaban J connectivity index is 2.21. The van der Waals surface area contributed by atoms with Crippen LogP contribution in [0.5, 0.6) is 0 Å². The van der Waals surface area contributed by atoms with Crippen LogP contribution in [0.3, 0.4) is 0 Å². The third-order valence-corrected chi connectivity index (χ3v) is 5.04. The van der Waals surface area contributed by atoms with Gasteiger partial charge in [-0.15, -0.1) is 0 Å². The highest BCUT2D eigenvalue weighted by atomic mass is 32.2. The Hall–Kier alpha value is 0.0900. The zero-order chi connectivity index (χ0) is 10.2. The van der Waals surface area contributed by atoms with Gasteiger partial charge in [-0.25, -0.2) is 0 Å². The summed E-state index contributed by atoms with van der Waals surface area (Å²) < 4.78 is 0. The van der Waals surface area contributed by atoms with Crippen LogP contribution in [-0.2, 0) is 0 Å². The molecule has 2 atom stereocenters. The fourth-order valence-electron chi connectivity index (χ4n) is 3.00. The van der Waals surface area contributed by atoms with Crippen molar-refractivity contribution in [2.75, 3.05) is 6.26 Å². The van der Waals surface area contributed by atoms with E-state index < -0.39 is 0 Å². The summed E-state index contributed by atoms with van der Waals surface area (Å²) >= 11 is 2.09. The van der Waals surface area contributed by atoms with Gasteiger partial charge in [-0.3, -0.25) is 0 Å². The molecule has 3 aliphatic carbocycles. The van der Waals surface area contributed by atoms with Gasteiger partial charge >= 0.3 is 0 Å². The predicted octanol–water partition coefficient (Wildman–Crippen LogP) is 4.26. The Kier molecular flexibility index (Phi) is 2.97. The second-order valence-electron chi connectivity index (χ2n) is 5.61. The minimum absolute atomic E-state index is 0.470. The van der Waals surface area contributed by atoms with Crippen molar-refractivity contribution in [1.82, 2.24) is 0 Å². The normalized spacial score (nSPS) is 39.8. The molecular weight excluding hydrogens is 188 g/mol. The smallest absolute Gasteiger partial charge is 0.0110 e. The molecule has 1 heteroatoms. The van der Waals surface area contributed by atoms with Gasteiger partial charge in [-0.2, -0.15) is 11.8 Å². The SMILES string of the molecule is CSC1C/C2=C/C(C)(C)CCC1CC2. The second-order valence-corrected chi connectivity index (χ2v) is 6.68. The van der Waals surface area contributed by atoms with Gasteiger partial charge in [-0.05, 0) is 49.7 Å². The van der Waals surface area contributed by atoms with E-state index in [1.54, 1.807) is 5.57 Å². The monoisotopic (exact) mass is 210 g/mol. The molecule has 2 unspecified atom stereocenters. The van der Waals surface area contributed by atoms with E-state index in [0.29, 0.717) is 5.41 Å². The summed E-state index contributed by atoms with van der Waals surface area (Å²) in [6.07, 6.45) is 11.9. The van der Waals surface area contributed by atoms with Crippen LogP contribution >= 0.6 is 11.8 Å². The van der Waals surface area contributed by atoms with Crippen LogP contribution < -0.4 is 0 Å². The van der Waals surface area contributed by atoms with Crippen molar-refractivity contribution in [3.8, 4) is 0 Å². The first-order chi connectivity index (χ1) is 6.61. The van der Waals surface area contributed by atoms with E-state index in [9.17, 15) is 0 Å². The lowest BCUT2D eigenvalue weighted by atomic mass is 9.72. The molecule has 1 saturated carbocycles. The van der Waals surface area contributed by atoms with Gasteiger partial charge in [0.1, 0.15) is 0 Å². The number of hydrogen-bond donors (Lipinski definition) is 0. The number of allylic oxidation sites excluding steroid dienone is 2. The molecule has 0 aromatic heterocycles. The molecule has 3 aliphatic rings. The minimum Gasteiger partial charge on any atom is -0.161 e. The topological polar surface area (TPSA) is 0 Å². The first-order valence-electron chi connectivity index (χ1n) is 5.84.